The minimum absolute atomic E-state index is 0.0224. The molecule has 0 spiro atoms. The van der Waals surface area contributed by atoms with Crippen LogP contribution in [0.4, 0.5) is 0 Å². The minimum Gasteiger partial charge on any atom is -0.340 e. The van der Waals surface area contributed by atoms with E-state index in [9.17, 15) is 9.59 Å². The van der Waals surface area contributed by atoms with E-state index in [2.05, 4.69) is 30.6 Å². The van der Waals surface area contributed by atoms with Gasteiger partial charge in [0.1, 0.15) is 5.78 Å². The van der Waals surface area contributed by atoms with Crippen LogP contribution in [-0.2, 0) is 9.59 Å². The molecule has 1 amide bonds. The van der Waals surface area contributed by atoms with Gasteiger partial charge in [-0.25, -0.2) is 0 Å². The minimum atomic E-state index is 0.0224. The summed E-state index contributed by atoms with van der Waals surface area (Å²) in [5.41, 5.74) is 0. The van der Waals surface area contributed by atoms with Crippen molar-refractivity contribution in [2.45, 2.75) is 40.5 Å². The zero-order chi connectivity index (χ0) is 15.8. The lowest BCUT2D eigenvalue weighted by molar-refractivity contribution is -0.135. The van der Waals surface area contributed by atoms with Crippen molar-refractivity contribution < 1.29 is 9.59 Å². The van der Waals surface area contributed by atoms with E-state index < -0.39 is 0 Å². The summed E-state index contributed by atoms with van der Waals surface area (Å²) in [6.07, 6.45) is 0.723. The molecule has 0 aromatic heterocycles. The van der Waals surface area contributed by atoms with Gasteiger partial charge in [-0.3, -0.25) is 14.5 Å². The number of rotatable bonds is 5. The van der Waals surface area contributed by atoms with Crippen LogP contribution in [-0.4, -0.2) is 54.2 Å². The first-order valence-corrected chi connectivity index (χ1v) is 7.91. The van der Waals surface area contributed by atoms with Crippen LogP contribution in [0.5, 0.6) is 0 Å². The lowest BCUT2D eigenvalue weighted by Gasteiger charge is -2.33. The molecule has 0 atom stereocenters. The van der Waals surface area contributed by atoms with Gasteiger partial charge in [0, 0.05) is 50.9 Å². The molecule has 4 heteroatoms. The lowest BCUT2D eigenvalue weighted by atomic mass is 10.0. The molecule has 0 N–H and O–H groups in total. The molecule has 1 saturated heterocycles. The van der Waals surface area contributed by atoms with Crippen LogP contribution in [0.15, 0.2) is 0 Å². The number of carbonyl (C=O) groups excluding carboxylic acids is 2. The third kappa shape index (κ3) is 6.77. The molecule has 0 saturated carbocycles. The lowest BCUT2D eigenvalue weighted by Crippen LogP contribution is -2.48. The van der Waals surface area contributed by atoms with Gasteiger partial charge in [0.25, 0.3) is 0 Å². The molecule has 0 aromatic carbocycles. The van der Waals surface area contributed by atoms with E-state index in [0.717, 1.165) is 32.7 Å². The maximum Gasteiger partial charge on any atom is 0.223 e. The summed E-state index contributed by atoms with van der Waals surface area (Å²) < 4.78 is 0. The summed E-state index contributed by atoms with van der Waals surface area (Å²) in [5.74, 6) is 7.05. The second-order valence-corrected chi connectivity index (χ2v) is 6.25. The van der Waals surface area contributed by atoms with Crippen molar-refractivity contribution in [3.8, 4) is 11.8 Å². The quantitative estimate of drug-likeness (QED) is 0.726. The maximum atomic E-state index is 12.1. The molecule has 0 unspecified atom stereocenters. The topological polar surface area (TPSA) is 40.6 Å². The van der Waals surface area contributed by atoms with E-state index in [1.807, 2.05) is 18.7 Å². The van der Waals surface area contributed by atoms with Gasteiger partial charge in [0.2, 0.25) is 5.91 Å². The summed E-state index contributed by atoms with van der Waals surface area (Å²) in [7, 11) is 0. The molecule has 1 fully saturated rings. The Balaban J connectivity index is 2.28. The Labute approximate surface area is 128 Å². The number of ketones is 1. The number of carbonyl (C=O) groups is 2. The highest BCUT2D eigenvalue weighted by atomic mass is 16.2. The summed E-state index contributed by atoms with van der Waals surface area (Å²) in [6, 6.07) is 0. The third-order valence-corrected chi connectivity index (χ3v) is 3.65. The number of hydrogen-bond acceptors (Lipinski definition) is 3. The van der Waals surface area contributed by atoms with E-state index in [1.54, 1.807) is 0 Å². The Morgan fingerprint density at radius 3 is 2.14 bits per heavy atom. The zero-order valence-electron chi connectivity index (χ0n) is 13.8. The molecule has 0 aromatic rings. The highest BCUT2D eigenvalue weighted by Gasteiger charge is 2.21. The summed E-state index contributed by atoms with van der Waals surface area (Å²) in [6.45, 7) is 12.0. The highest BCUT2D eigenvalue weighted by Crippen LogP contribution is 2.07. The average Bonchev–Trinajstić information content (AvgIpc) is 2.44. The van der Waals surface area contributed by atoms with Gasteiger partial charge in [-0.2, -0.15) is 0 Å². The molecule has 4 nitrogen and oxygen atoms in total. The first-order valence-electron chi connectivity index (χ1n) is 7.91. The van der Waals surface area contributed by atoms with Gasteiger partial charge < -0.3 is 4.90 Å². The molecular weight excluding hydrogens is 264 g/mol. The van der Waals surface area contributed by atoms with Crippen LogP contribution < -0.4 is 0 Å². The van der Waals surface area contributed by atoms with Gasteiger partial charge in [0.05, 0.1) is 6.54 Å². The van der Waals surface area contributed by atoms with Crippen molar-refractivity contribution in [2.24, 2.45) is 11.8 Å². The number of nitrogens with zero attached hydrogens (tertiary/aromatic N) is 2. The number of hydrogen-bond donors (Lipinski definition) is 0. The Morgan fingerprint density at radius 2 is 1.62 bits per heavy atom. The molecule has 1 aliphatic heterocycles. The molecule has 1 rings (SSSR count). The van der Waals surface area contributed by atoms with Gasteiger partial charge in [-0.05, 0) is 0 Å². The molecule has 1 aliphatic rings. The van der Waals surface area contributed by atoms with E-state index >= 15 is 0 Å². The molecule has 0 bridgehead atoms. The summed E-state index contributed by atoms with van der Waals surface area (Å²) >= 11 is 0. The van der Waals surface area contributed by atoms with Crippen LogP contribution in [0.2, 0.25) is 0 Å². The van der Waals surface area contributed by atoms with E-state index in [-0.39, 0.29) is 17.6 Å². The average molecular weight is 292 g/mol. The van der Waals surface area contributed by atoms with Gasteiger partial charge in [0.15, 0.2) is 0 Å². The van der Waals surface area contributed by atoms with Crippen molar-refractivity contribution >= 4 is 11.7 Å². The van der Waals surface area contributed by atoms with E-state index in [4.69, 9.17) is 0 Å². The Kier molecular flexibility index (Phi) is 7.45. The fourth-order valence-electron chi connectivity index (χ4n) is 2.19. The fourth-order valence-corrected chi connectivity index (χ4v) is 2.19. The first-order chi connectivity index (χ1) is 9.90. The second kappa shape index (κ2) is 8.84. The smallest absolute Gasteiger partial charge is 0.223 e. The highest BCUT2D eigenvalue weighted by molar-refractivity contribution is 5.86. The van der Waals surface area contributed by atoms with Crippen LogP contribution >= 0.6 is 0 Å². The molecule has 0 radical (unpaired) electrons. The Morgan fingerprint density at radius 1 is 1.00 bits per heavy atom. The predicted molar refractivity (Wildman–Crippen MR) is 84.7 cm³/mol. The maximum absolute atomic E-state index is 12.1. The Bertz CT molecular complexity index is 410. The van der Waals surface area contributed by atoms with Crippen LogP contribution in [0.25, 0.3) is 0 Å². The van der Waals surface area contributed by atoms with Gasteiger partial charge in [-0.15, -0.1) is 0 Å². The monoisotopic (exact) mass is 292 g/mol. The number of amides is 1. The summed E-state index contributed by atoms with van der Waals surface area (Å²) in [4.78, 5) is 27.8. The predicted octanol–water partition coefficient (Wildman–Crippen LogP) is 1.80. The normalized spacial score (nSPS) is 16.0. The standard InChI is InChI=1S/C17H28N2O2/c1-14(2)6-5-9-18-10-12-19(13-11-18)17(21)8-7-16(20)15(3)4/h14-15H,7-13H2,1-4H3. The van der Waals surface area contributed by atoms with Crippen molar-refractivity contribution in [1.82, 2.24) is 9.80 Å². The van der Waals surface area contributed by atoms with E-state index in [1.165, 1.54) is 0 Å². The van der Waals surface area contributed by atoms with Gasteiger partial charge >= 0.3 is 0 Å². The zero-order valence-corrected chi connectivity index (χ0v) is 13.8. The van der Waals surface area contributed by atoms with Gasteiger partial charge in [-0.1, -0.05) is 39.5 Å². The Hall–Kier alpha value is -1.34. The molecule has 1 heterocycles. The SMILES string of the molecule is CC(C)C#CCN1CCN(C(=O)CCC(=O)C(C)C)CC1. The van der Waals surface area contributed by atoms with Crippen molar-refractivity contribution in [2.75, 3.05) is 32.7 Å². The van der Waals surface area contributed by atoms with Crippen LogP contribution in [0.3, 0.4) is 0 Å². The summed E-state index contributed by atoms with van der Waals surface area (Å²) in [5, 5.41) is 0. The van der Waals surface area contributed by atoms with Crippen molar-refractivity contribution in [1.29, 1.82) is 0 Å². The molecular formula is C17H28N2O2. The molecule has 0 aliphatic carbocycles. The van der Waals surface area contributed by atoms with E-state index in [0.29, 0.717) is 18.8 Å². The largest absolute Gasteiger partial charge is 0.340 e. The molecule has 118 valence electrons. The molecule has 21 heavy (non-hydrogen) atoms. The number of Topliss-reactive ketones (excluding diaryl/α,β-unsaturated/α-hetero) is 1. The van der Waals surface area contributed by atoms with Crippen molar-refractivity contribution in [3.05, 3.63) is 0 Å². The van der Waals surface area contributed by atoms with Crippen LogP contribution in [0.1, 0.15) is 40.5 Å². The van der Waals surface area contributed by atoms with Crippen LogP contribution in [0, 0.1) is 23.7 Å². The fraction of sp³-hybridized carbons (Fsp3) is 0.765. The van der Waals surface area contributed by atoms with Crippen molar-refractivity contribution in [3.63, 3.8) is 0 Å². The first kappa shape index (κ1) is 17.7. The third-order valence-electron chi connectivity index (χ3n) is 3.65. The second-order valence-electron chi connectivity index (χ2n) is 6.25. The number of piperazine rings is 1.